The predicted octanol–water partition coefficient (Wildman–Crippen LogP) is 4.53. The van der Waals surface area contributed by atoms with Gasteiger partial charge in [-0.15, -0.1) is 0 Å². The van der Waals surface area contributed by atoms with Crippen LogP contribution < -0.4 is 15.4 Å². The van der Waals surface area contributed by atoms with Gasteiger partial charge in [-0.05, 0) is 66.2 Å². The summed E-state index contributed by atoms with van der Waals surface area (Å²) >= 11 is 5.85. The molecule has 6 heteroatoms. The van der Waals surface area contributed by atoms with Crippen molar-refractivity contribution < 1.29 is 14.3 Å². The summed E-state index contributed by atoms with van der Waals surface area (Å²) in [7, 11) is 1.58. The number of ether oxygens (including phenoxy) is 1. The zero-order chi connectivity index (χ0) is 19.9. The van der Waals surface area contributed by atoms with Gasteiger partial charge in [-0.2, -0.15) is 0 Å². The molecule has 0 saturated heterocycles. The Morgan fingerprint density at radius 1 is 0.821 bits per heavy atom. The Labute approximate surface area is 168 Å². The van der Waals surface area contributed by atoms with Crippen LogP contribution in [0.5, 0.6) is 5.75 Å². The van der Waals surface area contributed by atoms with E-state index in [0.717, 1.165) is 5.56 Å². The van der Waals surface area contributed by atoms with Crippen molar-refractivity contribution >= 4 is 29.1 Å². The van der Waals surface area contributed by atoms with Crippen LogP contribution in [0.4, 0.5) is 5.69 Å². The summed E-state index contributed by atoms with van der Waals surface area (Å²) in [6, 6.07) is 20.8. The Kier molecular flexibility index (Phi) is 6.29. The third-order valence-corrected chi connectivity index (χ3v) is 4.38. The Bertz CT molecular complexity index is 953. The molecule has 3 rings (SSSR count). The van der Waals surface area contributed by atoms with Gasteiger partial charge >= 0.3 is 0 Å². The van der Waals surface area contributed by atoms with E-state index in [-0.39, 0.29) is 11.8 Å². The standard InChI is InChI=1S/C22H19ClN2O3/c1-28-20-12-10-19(11-13-20)25-22(27)17-6-4-16(5-7-17)21(26)24-14-15-2-8-18(23)9-3-15/h2-13H,14H2,1H3,(H,24,26)(H,25,27). The fraction of sp³-hybridized carbons (Fsp3) is 0.0909. The average molecular weight is 395 g/mol. The van der Waals surface area contributed by atoms with E-state index < -0.39 is 0 Å². The molecule has 0 heterocycles. The predicted molar refractivity (Wildman–Crippen MR) is 110 cm³/mol. The van der Waals surface area contributed by atoms with Crippen LogP contribution in [0.15, 0.2) is 72.8 Å². The molecule has 0 aliphatic rings. The van der Waals surface area contributed by atoms with Crippen LogP contribution in [0.25, 0.3) is 0 Å². The largest absolute Gasteiger partial charge is 0.497 e. The summed E-state index contributed by atoms with van der Waals surface area (Å²) in [6.07, 6.45) is 0. The fourth-order valence-electron chi connectivity index (χ4n) is 2.54. The van der Waals surface area contributed by atoms with Crippen molar-refractivity contribution in [3.8, 4) is 5.75 Å². The fourth-order valence-corrected chi connectivity index (χ4v) is 2.66. The summed E-state index contributed by atoms with van der Waals surface area (Å²) in [6.45, 7) is 0.399. The number of amides is 2. The highest BCUT2D eigenvalue weighted by molar-refractivity contribution is 6.30. The number of carbonyl (C=O) groups excluding carboxylic acids is 2. The van der Waals surface area contributed by atoms with Gasteiger partial charge < -0.3 is 15.4 Å². The van der Waals surface area contributed by atoms with Crippen molar-refractivity contribution in [2.24, 2.45) is 0 Å². The Hall–Kier alpha value is -3.31. The Morgan fingerprint density at radius 2 is 1.39 bits per heavy atom. The molecule has 0 unspecified atom stereocenters. The van der Waals surface area contributed by atoms with Crippen LogP contribution in [0.3, 0.4) is 0 Å². The van der Waals surface area contributed by atoms with Gasteiger partial charge in [0.2, 0.25) is 0 Å². The first-order valence-corrected chi connectivity index (χ1v) is 9.01. The smallest absolute Gasteiger partial charge is 0.255 e. The second-order valence-electron chi connectivity index (χ2n) is 6.07. The maximum absolute atomic E-state index is 12.3. The SMILES string of the molecule is COc1ccc(NC(=O)c2ccc(C(=O)NCc3ccc(Cl)cc3)cc2)cc1. The molecule has 0 bridgehead atoms. The maximum atomic E-state index is 12.3. The number of rotatable bonds is 6. The molecule has 0 atom stereocenters. The van der Waals surface area contributed by atoms with Gasteiger partial charge in [0, 0.05) is 28.4 Å². The van der Waals surface area contributed by atoms with Crippen molar-refractivity contribution in [1.82, 2.24) is 5.32 Å². The normalized spacial score (nSPS) is 10.2. The van der Waals surface area contributed by atoms with Gasteiger partial charge in [0.05, 0.1) is 7.11 Å². The molecule has 0 aliphatic carbocycles. The maximum Gasteiger partial charge on any atom is 0.255 e. The number of carbonyl (C=O) groups is 2. The van der Waals surface area contributed by atoms with Crippen LogP contribution in [0.2, 0.25) is 5.02 Å². The summed E-state index contributed by atoms with van der Waals surface area (Å²) in [5.41, 5.74) is 2.56. The van der Waals surface area contributed by atoms with Gasteiger partial charge in [0.1, 0.15) is 5.75 Å². The van der Waals surface area contributed by atoms with Crippen LogP contribution in [-0.4, -0.2) is 18.9 Å². The molecule has 0 fully saturated rings. The quantitative estimate of drug-likeness (QED) is 0.645. The molecule has 2 N–H and O–H groups in total. The van der Waals surface area contributed by atoms with Crippen LogP contribution in [0.1, 0.15) is 26.3 Å². The monoisotopic (exact) mass is 394 g/mol. The number of halogens is 1. The molecular formula is C22H19ClN2O3. The Balaban J connectivity index is 1.57. The van der Waals surface area contributed by atoms with E-state index in [9.17, 15) is 9.59 Å². The zero-order valence-corrected chi connectivity index (χ0v) is 16.0. The summed E-state index contributed by atoms with van der Waals surface area (Å²) < 4.78 is 5.09. The molecule has 28 heavy (non-hydrogen) atoms. The second-order valence-corrected chi connectivity index (χ2v) is 6.51. The highest BCUT2D eigenvalue weighted by atomic mass is 35.5. The molecule has 3 aromatic carbocycles. The summed E-state index contributed by atoms with van der Waals surface area (Å²) in [5.74, 6) is 0.252. The van der Waals surface area contributed by atoms with Crippen LogP contribution >= 0.6 is 11.6 Å². The number of methoxy groups -OCH3 is 1. The summed E-state index contributed by atoms with van der Waals surface area (Å²) in [5, 5.41) is 6.29. The van der Waals surface area contributed by atoms with Crippen molar-refractivity contribution in [2.75, 3.05) is 12.4 Å². The van der Waals surface area contributed by atoms with E-state index in [4.69, 9.17) is 16.3 Å². The van der Waals surface area contributed by atoms with Crippen molar-refractivity contribution in [3.05, 3.63) is 94.5 Å². The van der Waals surface area contributed by atoms with Gasteiger partial charge in [-0.1, -0.05) is 23.7 Å². The lowest BCUT2D eigenvalue weighted by Gasteiger charge is -2.08. The molecule has 0 aromatic heterocycles. The molecule has 2 amide bonds. The number of anilines is 1. The number of hydrogen-bond acceptors (Lipinski definition) is 3. The van der Waals surface area contributed by atoms with Crippen LogP contribution in [-0.2, 0) is 6.54 Å². The van der Waals surface area contributed by atoms with Gasteiger partial charge in [0.25, 0.3) is 11.8 Å². The molecule has 0 radical (unpaired) electrons. The summed E-state index contributed by atoms with van der Waals surface area (Å²) in [4.78, 5) is 24.6. The first kappa shape index (κ1) is 19.5. The third-order valence-electron chi connectivity index (χ3n) is 4.12. The highest BCUT2D eigenvalue weighted by Gasteiger charge is 2.09. The van der Waals surface area contributed by atoms with E-state index in [0.29, 0.717) is 34.1 Å². The lowest BCUT2D eigenvalue weighted by atomic mass is 10.1. The molecule has 0 saturated carbocycles. The molecule has 3 aromatic rings. The zero-order valence-electron chi connectivity index (χ0n) is 15.2. The van der Waals surface area contributed by atoms with Gasteiger partial charge in [0.15, 0.2) is 0 Å². The van der Waals surface area contributed by atoms with E-state index in [1.165, 1.54) is 0 Å². The van der Waals surface area contributed by atoms with Crippen LogP contribution in [0, 0.1) is 0 Å². The molecule has 5 nitrogen and oxygen atoms in total. The lowest BCUT2D eigenvalue weighted by Crippen LogP contribution is -2.22. The molecule has 0 spiro atoms. The minimum absolute atomic E-state index is 0.211. The van der Waals surface area contributed by atoms with E-state index >= 15 is 0 Å². The first-order chi connectivity index (χ1) is 13.5. The topological polar surface area (TPSA) is 67.4 Å². The van der Waals surface area contributed by atoms with Crippen molar-refractivity contribution in [2.45, 2.75) is 6.54 Å². The highest BCUT2D eigenvalue weighted by Crippen LogP contribution is 2.16. The van der Waals surface area contributed by atoms with Gasteiger partial charge in [-0.25, -0.2) is 0 Å². The van der Waals surface area contributed by atoms with E-state index in [1.54, 1.807) is 67.8 Å². The number of hydrogen-bond donors (Lipinski definition) is 2. The lowest BCUT2D eigenvalue weighted by molar-refractivity contribution is 0.0949. The van der Waals surface area contributed by atoms with E-state index in [2.05, 4.69) is 10.6 Å². The molecule has 0 aliphatic heterocycles. The van der Waals surface area contributed by atoms with Gasteiger partial charge in [-0.3, -0.25) is 9.59 Å². The Morgan fingerprint density at radius 3 is 1.96 bits per heavy atom. The number of nitrogens with one attached hydrogen (secondary N) is 2. The van der Waals surface area contributed by atoms with E-state index in [1.807, 2.05) is 12.1 Å². The molecular weight excluding hydrogens is 376 g/mol. The number of benzene rings is 3. The average Bonchev–Trinajstić information content (AvgIpc) is 2.73. The molecule has 142 valence electrons. The first-order valence-electron chi connectivity index (χ1n) is 8.63. The minimum Gasteiger partial charge on any atom is -0.497 e. The second kappa shape index (κ2) is 9.06. The van der Waals surface area contributed by atoms with Crippen molar-refractivity contribution in [1.29, 1.82) is 0 Å². The van der Waals surface area contributed by atoms with Crippen molar-refractivity contribution in [3.63, 3.8) is 0 Å². The third kappa shape index (κ3) is 5.11. The minimum atomic E-state index is -0.252.